The van der Waals surface area contributed by atoms with Crippen LogP contribution in [0.5, 0.6) is 34.5 Å². The molecule has 3 unspecified atom stereocenters. The molecule has 14 nitrogen and oxygen atoms in total. The smallest absolute Gasteiger partial charge is 0.119 e. The third-order valence-corrected chi connectivity index (χ3v) is 22.7. The minimum atomic E-state index is 0.126. The maximum absolute atomic E-state index is 6.30. The van der Waals surface area contributed by atoms with Gasteiger partial charge < -0.3 is 66.6 Å². The molecule has 113 heavy (non-hydrogen) atoms. The van der Waals surface area contributed by atoms with Gasteiger partial charge in [-0.3, -0.25) is 0 Å². The molecule has 0 spiro atoms. The van der Waals surface area contributed by atoms with E-state index in [0.29, 0.717) is 39.6 Å². The molecule has 14 heteroatoms. The lowest BCUT2D eigenvalue weighted by molar-refractivity contribution is -0.133. The van der Waals surface area contributed by atoms with Crippen LogP contribution < -0.4 is 38.2 Å². The Balaban J connectivity index is 0.000000166. The van der Waals surface area contributed by atoms with Crippen LogP contribution in [0, 0.1) is 16.2 Å². The number of hydrogen-bond donors (Lipinski definition) is 0. The van der Waals surface area contributed by atoms with E-state index in [1.807, 2.05) is 54.6 Å². The molecule has 6 heterocycles. The quantitative estimate of drug-likeness (QED) is 0.0362. The first-order chi connectivity index (χ1) is 55.6. The van der Waals surface area contributed by atoms with Crippen LogP contribution in [0.3, 0.4) is 0 Å². The van der Waals surface area contributed by atoms with Crippen molar-refractivity contribution >= 4 is 34.1 Å². The van der Waals surface area contributed by atoms with E-state index in [9.17, 15) is 0 Å². The highest BCUT2D eigenvalue weighted by Gasteiger charge is 2.40. The van der Waals surface area contributed by atoms with Crippen molar-refractivity contribution in [1.29, 1.82) is 0 Å². The molecule has 0 aliphatic carbocycles. The van der Waals surface area contributed by atoms with Crippen molar-refractivity contribution in [2.45, 2.75) is 58.3 Å². The van der Waals surface area contributed by atoms with Crippen LogP contribution in [0.2, 0.25) is 0 Å². The topological polar surface area (TPSA) is 127 Å². The van der Waals surface area contributed by atoms with E-state index in [2.05, 4.69) is 267 Å². The van der Waals surface area contributed by atoms with Crippen molar-refractivity contribution in [2.24, 2.45) is 16.2 Å². The van der Waals surface area contributed by atoms with Gasteiger partial charge in [0.25, 0.3) is 0 Å². The third kappa shape index (κ3) is 18.3. The van der Waals surface area contributed by atoms with Crippen molar-refractivity contribution in [3.8, 4) is 101 Å². The predicted octanol–water partition coefficient (Wildman–Crippen LogP) is 22.1. The standard InChI is InChI=1S/C54H57NO6.C45H39NO6/c1-4-52(31-56-32-52)37-59-49-13-7-10-43(28-49)40-16-22-46(23-17-40)55(47-24-18-41(19-25-47)44-11-8-14-50(29-44)60-38-53(5-2)33-57-34-53)48-26-20-42(21-27-48)45-12-9-15-51(30-45)61-39-54(6-3)35-58-36-54;1-13-37(14-2-31(1)34-7-19-40(20-8-34)47-25-43-28-50-43)46(38-15-3-32(4-16-38)35-9-21-41(22-10-35)48-26-44-29-51-44)39-17-5-33(6-18-39)36-11-23-42(24-12-36)49-27-45-30-52-45/h7-30H,4-6,31-39H2,1-3H3;1-24,43-45H,25-30H2. The first-order valence-electron chi connectivity index (χ1n) is 39.8. The fraction of sp³-hybridized carbons (Fsp3) is 0.273. The average Bonchev–Trinajstić information content (AvgIpc) is 1.56. The predicted molar refractivity (Wildman–Crippen MR) is 448 cm³/mol. The maximum atomic E-state index is 6.30. The Morgan fingerprint density at radius 1 is 0.248 bits per heavy atom. The van der Waals surface area contributed by atoms with Gasteiger partial charge in [-0.15, -0.1) is 0 Å². The number of hydrogen-bond acceptors (Lipinski definition) is 14. The van der Waals surface area contributed by atoms with Crippen LogP contribution in [0.4, 0.5) is 34.1 Å². The van der Waals surface area contributed by atoms with Gasteiger partial charge in [0.15, 0.2) is 0 Å². The van der Waals surface area contributed by atoms with E-state index in [-0.39, 0.29) is 34.6 Å². The average molecular weight is 1510 g/mol. The van der Waals surface area contributed by atoms with Gasteiger partial charge in [0, 0.05) is 34.1 Å². The SMILES string of the molecule is CCC1(COc2cccc(-c3ccc(N(c4ccc(-c5cccc(OCC6(CC)COC6)c5)cc4)c4ccc(-c5cccc(OCC6(CC)COC6)c5)cc4)cc3)c2)COC1.c1cc(-c2ccc(N(c3ccc(-c4ccc(OCC5CO5)cc4)cc3)c3ccc(-c4ccc(OCC5CO5)cc4)cc3)cc2)ccc1OCC1CO1. The molecule has 0 N–H and O–H groups in total. The largest absolute Gasteiger partial charge is 0.493 e. The molecule has 12 aromatic rings. The maximum Gasteiger partial charge on any atom is 0.119 e. The van der Waals surface area contributed by atoms with Gasteiger partial charge in [-0.25, -0.2) is 0 Å². The van der Waals surface area contributed by atoms with Gasteiger partial charge in [0.1, 0.15) is 72.6 Å². The van der Waals surface area contributed by atoms with E-state index in [1.54, 1.807) is 0 Å². The van der Waals surface area contributed by atoms with Gasteiger partial charge in [-0.1, -0.05) is 166 Å². The lowest BCUT2D eigenvalue weighted by Gasteiger charge is -2.40. The molecule has 18 rings (SSSR count). The zero-order chi connectivity index (χ0) is 76.4. The molecule has 12 aromatic carbocycles. The van der Waals surface area contributed by atoms with E-state index in [0.717, 1.165) is 214 Å². The number of anilines is 6. The summed E-state index contributed by atoms with van der Waals surface area (Å²) in [6, 6.07) is 103. The van der Waals surface area contributed by atoms with E-state index in [4.69, 9.17) is 56.8 Å². The second-order valence-corrected chi connectivity index (χ2v) is 30.8. The molecule has 6 aliphatic heterocycles. The first kappa shape index (κ1) is 74.5. The van der Waals surface area contributed by atoms with E-state index < -0.39 is 0 Å². The van der Waals surface area contributed by atoms with Crippen molar-refractivity contribution in [2.75, 3.05) is 109 Å². The molecule has 574 valence electrons. The summed E-state index contributed by atoms with van der Waals surface area (Å²) in [7, 11) is 0. The third-order valence-electron chi connectivity index (χ3n) is 22.7. The molecule has 6 saturated heterocycles. The van der Waals surface area contributed by atoms with Gasteiger partial charge in [-0.2, -0.15) is 0 Å². The number of benzene rings is 12. The number of ether oxygens (including phenoxy) is 12. The summed E-state index contributed by atoms with van der Waals surface area (Å²) in [6.07, 6.45) is 3.86. The number of rotatable bonds is 33. The highest BCUT2D eigenvalue weighted by atomic mass is 16.6. The van der Waals surface area contributed by atoms with Crippen molar-refractivity contribution in [3.63, 3.8) is 0 Å². The number of epoxide rings is 3. The molecular formula is C99H96N2O12. The first-order valence-corrected chi connectivity index (χ1v) is 39.8. The molecular weight excluding hydrogens is 1410 g/mol. The minimum absolute atomic E-state index is 0.126. The van der Waals surface area contributed by atoms with E-state index >= 15 is 0 Å². The van der Waals surface area contributed by atoms with Gasteiger partial charge in [-0.05, 0) is 232 Å². The summed E-state index contributed by atoms with van der Waals surface area (Å²) < 4.78 is 68.8. The van der Waals surface area contributed by atoms with Gasteiger partial charge in [0.05, 0.1) is 95.5 Å². The Bertz CT molecular complexity index is 4560. The minimum Gasteiger partial charge on any atom is -0.493 e. The summed E-state index contributed by atoms with van der Waals surface area (Å²) >= 11 is 0. The van der Waals surface area contributed by atoms with Crippen LogP contribution in [0.25, 0.3) is 66.8 Å². The van der Waals surface area contributed by atoms with Gasteiger partial charge in [0.2, 0.25) is 0 Å². The zero-order valence-electron chi connectivity index (χ0n) is 64.5. The second-order valence-electron chi connectivity index (χ2n) is 30.8. The summed E-state index contributed by atoms with van der Waals surface area (Å²) in [4.78, 5) is 4.61. The Kier molecular flexibility index (Phi) is 22.4. The van der Waals surface area contributed by atoms with Crippen molar-refractivity contribution in [3.05, 3.63) is 291 Å². The molecule has 0 bridgehead atoms. The number of nitrogens with zero attached hydrogens (tertiary/aromatic N) is 2. The zero-order valence-corrected chi connectivity index (χ0v) is 64.5. The van der Waals surface area contributed by atoms with Gasteiger partial charge >= 0.3 is 0 Å². The molecule has 3 atom stereocenters. The molecule has 0 radical (unpaired) electrons. The molecule has 6 fully saturated rings. The Labute approximate surface area is 663 Å². The Morgan fingerprint density at radius 2 is 0.451 bits per heavy atom. The monoisotopic (exact) mass is 1500 g/mol. The Morgan fingerprint density at radius 3 is 0.637 bits per heavy atom. The van der Waals surface area contributed by atoms with E-state index in [1.165, 1.54) is 0 Å². The molecule has 0 amide bonds. The molecule has 0 saturated carbocycles. The fourth-order valence-corrected chi connectivity index (χ4v) is 14.3. The van der Waals surface area contributed by atoms with Crippen LogP contribution >= 0.6 is 0 Å². The Hall–Kier alpha value is -11.2. The normalized spacial score (nSPS) is 17.6. The molecule has 6 aliphatic rings. The summed E-state index contributed by atoms with van der Waals surface area (Å²) in [5.41, 5.74) is 20.3. The van der Waals surface area contributed by atoms with Crippen LogP contribution in [-0.4, -0.2) is 117 Å². The summed E-state index contributed by atoms with van der Waals surface area (Å²) in [5.74, 6) is 5.22. The van der Waals surface area contributed by atoms with Crippen LogP contribution in [0.15, 0.2) is 291 Å². The lowest BCUT2D eigenvalue weighted by Crippen LogP contribution is -2.46. The summed E-state index contributed by atoms with van der Waals surface area (Å²) in [6.45, 7) is 17.4. The highest BCUT2D eigenvalue weighted by molar-refractivity contribution is 5.84. The van der Waals surface area contributed by atoms with Crippen LogP contribution in [0.1, 0.15) is 40.0 Å². The summed E-state index contributed by atoms with van der Waals surface area (Å²) in [5, 5.41) is 0. The van der Waals surface area contributed by atoms with Crippen molar-refractivity contribution in [1.82, 2.24) is 0 Å². The lowest BCUT2D eigenvalue weighted by atomic mass is 9.84. The fourth-order valence-electron chi connectivity index (χ4n) is 14.3. The highest BCUT2D eigenvalue weighted by Crippen LogP contribution is 2.43. The molecule has 0 aromatic heterocycles. The van der Waals surface area contributed by atoms with Crippen LogP contribution in [-0.2, 0) is 28.4 Å². The van der Waals surface area contributed by atoms with Crippen molar-refractivity contribution < 1.29 is 56.8 Å². The second kappa shape index (κ2) is 34.0.